The highest BCUT2D eigenvalue weighted by Gasteiger charge is 2.34. The van der Waals surface area contributed by atoms with Crippen LogP contribution in [0.5, 0.6) is 0 Å². The van der Waals surface area contributed by atoms with Gasteiger partial charge in [-0.3, -0.25) is 0 Å². The van der Waals surface area contributed by atoms with Crippen LogP contribution in [0.2, 0.25) is 5.15 Å². The first-order valence-electron chi connectivity index (χ1n) is 5.47. The third-order valence-corrected chi connectivity index (χ3v) is 3.65. The van der Waals surface area contributed by atoms with Crippen LogP contribution < -0.4 is 5.32 Å². The maximum atomic E-state index is 6.02. The molecule has 0 spiro atoms. The lowest BCUT2D eigenvalue weighted by Crippen LogP contribution is -2.30. The van der Waals surface area contributed by atoms with Crippen molar-refractivity contribution in [3.63, 3.8) is 0 Å². The molecule has 1 atom stereocenters. The number of aromatic nitrogens is 1. The van der Waals surface area contributed by atoms with Crippen molar-refractivity contribution in [2.45, 2.75) is 39.2 Å². The Morgan fingerprint density at radius 2 is 2.33 bits per heavy atom. The Labute approximate surface area is 96.1 Å². The van der Waals surface area contributed by atoms with E-state index in [1.807, 2.05) is 12.1 Å². The molecule has 0 aliphatic heterocycles. The zero-order valence-electron chi connectivity index (χ0n) is 9.26. The van der Waals surface area contributed by atoms with Crippen LogP contribution in [0.15, 0.2) is 18.3 Å². The number of hydrogen-bond acceptors (Lipinski definition) is 2. The number of nitrogens with one attached hydrogen (secondary N) is 1. The Morgan fingerprint density at radius 3 is 2.93 bits per heavy atom. The molecule has 0 radical (unpaired) electrons. The van der Waals surface area contributed by atoms with Gasteiger partial charge in [0.2, 0.25) is 0 Å². The molecule has 2 rings (SSSR count). The van der Waals surface area contributed by atoms with E-state index in [9.17, 15) is 0 Å². The van der Waals surface area contributed by atoms with E-state index >= 15 is 0 Å². The SMILES string of the molecule is CC1(C)CCCC1Nc1cccnc1Cl. The van der Waals surface area contributed by atoms with E-state index in [1.54, 1.807) is 6.20 Å². The maximum absolute atomic E-state index is 6.02. The van der Waals surface area contributed by atoms with E-state index in [4.69, 9.17) is 11.6 Å². The Morgan fingerprint density at radius 1 is 1.53 bits per heavy atom. The predicted octanol–water partition coefficient (Wildman–Crippen LogP) is 3.73. The third kappa shape index (κ3) is 2.25. The quantitative estimate of drug-likeness (QED) is 0.775. The van der Waals surface area contributed by atoms with Gasteiger partial charge >= 0.3 is 0 Å². The van der Waals surface area contributed by atoms with E-state index in [0.717, 1.165) is 5.69 Å². The molecule has 1 aliphatic carbocycles. The molecule has 0 amide bonds. The molecule has 1 unspecified atom stereocenters. The van der Waals surface area contributed by atoms with Gasteiger partial charge in [-0.25, -0.2) is 4.98 Å². The number of halogens is 1. The molecular weight excluding hydrogens is 208 g/mol. The summed E-state index contributed by atoms with van der Waals surface area (Å²) >= 11 is 6.02. The van der Waals surface area contributed by atoms with Gasteiger partial charge in [0, 0.05) is 12.2 Å². The van der Waals surface area contributed by atoms with E-state index < -0.39 is 0 Å². The molecule has 1 aliphatic rings. The first kappa shape index (κ1) is 10.7. The summed E-state index contributed by atoms with van der Waals surface area (Å²) < 4.78 is 0. The fraction of sp³-hybridized carbons (Fsp3) is 0.583. The first-order valence-corrected chi connectivity index (χ1v) is 5.84. The Bertz CT molecular complexity index is 349. The van der Waals surface area contributed by atoms with Crippen molar-refractivity contribution in [1.82, 2.24) is 4.98 Å². The molecule has 1 aromatic heterocycles. The standard InChI is InChI=1S/C12H17ClN2/c1-12(2)7-3-6-10(12)15-9-5-4-8-14-11(9)13/h4-5,8,10,15H,3,6-7H2,1-2H3. The number of rotatable bonds is 2. The first-order chi connectivity index (χ1) is 7.09. The number of nitrogens with zero attached hydrogens (tertiary/aromatic N) is 1. The van der Waals surface area contributed by atoms with Crippen LogP contribution in [0, 0.1) is 5.41 Å². The summed E-state index contributed by atoms with van der Waals surface area (Å²) in [6.45, 7) is 4.61. The molecule has 82 valence electrons. The molecular formula is C12H17ClN2. The lowest BCUT2D eigenvalue weighted by atomic mass is 9.87. The maximum Gasteiger partial charge on any atom is 0.152 e. The zero-order valence-corrected chi connectivity index (χ0v) is 10.0. The average molecular weight is 225 g/mol. The second kappa shape index (κ2) is 4.01. The fourth-order valence-electron chi connectivity index (χ4n) is 2.28. The highest BCUT2D eigenvalue weighted by molar-refractivity contribution is 6.31. The minimum atomic E-state index is 0.360. The van der Waals surface area contributed by atoms with Crippen molar-refractivity contribution in [3.05, 3.63) is 23.5 Å². The summed E-state index contributed by atoms with van der Waals surface area (Å²) in [5.41, 5.74) is 1.32. The summed E-state index contributed by atoms with van der Waals surface area (Å²) in [4.78, 5) is 4.07. The number of anilines is 1. The van der Waals surface area contributed by atoms with Gasteiger partial charge < -0.3 is 5.32 Å². The molecule has 1 aromatic rings. The van der Waals surface area contributed by atoms with Crippen LogP contribution in [-0.2, 0) is 0 Å². The summed E-state index contributed by atoms with van der Waals surface area (Å²) in [7, 11) is 0. The van der Waals surface area contributed by atoms with Crippen LogP contribution in [0.4, 0.5) is 5.69 Å². The molecule has 0 bridgehead atoms. The Kier molecular flexibility index (Phi) is 2.87. The van der Waals surface area contributed by atoms with Gasteiger partial charge in [0.1, 0.15) is 0 Å². The molecule has 1 N–H and O–H groups in total. The van der Waals surface area contributed by atoms with Gasteiger partial charge in [-0.05, 0) is 30.4 Å². The van der Waals surface area contributed by atoms with Crippen LogP contribution in [0.25, 0.3) is 0 Å². The van der Waals surface area contributed by atoms with Crippen molar-refractivity contribution >= 4 is 17.3 Å². The van der Waals surface area contributed by atoms with Gasteiger partial charge in [0.15, 0.2) is 5.15 Å². The monoisotopic (exact) mass is 224 g/mol. The second-order valence-corrected chi connectivity index (χ2v) is 5.28. The van der Waals surface area contributed by atoms with Gasteiger partial charge in [-0.15, -0.1) is 0 Å². The summed E-state index contributed by atoms with van der Waals surface area (Å²) in [6.07, 6.45) is 5.51. The van der Waals surface area contributed by atoms with E-state index in [-0.39, 0.29) is 0 Å². The minimum absolute atomic E-state index is 0.360. The highest BCUT2D eigenvalue weighted by Crippen LogP contribution is 2.39. The van der Waals surface area contributed by atoms with E-state index in [1.165, 1.54) is 19.3 Å². The summed E-state index contributed by atoms with van der Waals surface area (Å²) in [6, 6.07) is 4.42. The van der Waals surface area contributed by atoms with Gasteiger partial charge in [0.25, 0.3) is 0 Å². The molecule has 2 nitrogen and oxygen atoms in total. The Hall–Kier alpha value is -0.760. The van der Waals surface area contributed by atoms with Crippen LogP contribution >= 0.6 is 11.6 Å². The lowest BCUT2D eigenvalue weighted by molar-refractivity contribution is 0.350. The van der Waals surface area contributed by atoms with Crippen molar-refractivity contribution < 1.29 is 0 Å². The normalized spacial score (nSPS) is 24.1. The fourth-order valence-corrected chi connectivity index (χ4v) is 2.45. The van der Waals surface area contributed by atoms with Crippen molar-refractivity contribution in [2.75, 3.05) is 5.32 Å². The second-order valence-electron chi connectivity index (χ2n) is 4.92. The average Bonchev–Trinajstić information content (AvgIpc) is 2.50. The molecule has 0 saturated heterocycles. The van der Waals surface area contributed by atoms with Crippen LogP contribution in [0.1, 0.15) is 33.1 Å². The van der Waals surface area contributed by atoms with Gasteiger partial charge in [0.05, 0.1) is 5.69 Å². The summed E-state index contributed by atoms with van der Waals surface area (Å²) in [5.74, 6) is 0. The van der Waals surface area contributed by atoms with Crippen molar-refractivity contribution in [3.8, 4) is 0 Å². The van der Waals surface area contributed by atoms with Gasteiger partial charge in [-0.2, -0.15) is 0 Å². The number of hydrogen-bond donors (Lipinski definition) is 1. The summed E-state index contributed by atoms with van der Waals surface area (Å²) in [5, 5.41) is 4.07. The topological polar surface area (TPSA) is 24.9 Å². The molecule has 3 heteroatoms. The van der Waals surface area contributed by atoms with Crippen LogP contribution in [0.3, 0.4) is 0 Å². The molecule has 15 heavy (non-hydrogen) atoms. The number of pyridine rings is 1. The third-order valence-electron chi connectivity index (χ3n) is 3.35. The lowest BCUT2D eigenvalue weighted by Gasteiger charge is -2.28. The van der Waals surface area contributed by atoms with E-state index in [0.29, 0.717) is 16.6 Å². The molecule has 1 fully saturated rings. The zero-order chi connectivity index (χ0) is 10.9. The molecule has 1 heterocycles. The highest BCUT2D eigenvalue weighted by atomic mass is 35.5. The van der Waals surface area contributed by atoms with Crippen molar-refractivity contribution in [2.24, 2.45) is 5.41 Å². The smallest absolute Gasteiger partial charge is 0.152 e. The molecule has 0 aromatic carbocycles. The minimum Gasteiger partial charge on any atom is -0.379 e. The van der Waals surface area contributed by atoms with Crippen molar-refractivity contribution in [1.29, 1.82) is 0 Å². The van der Waals surface area contributed by atoms with Crippen LogP contribution in [-0.4, -0.2) is 11.0 Å². The van der Waals surface area contributed by atoms with Gasteiger partial charge in [-0.1, -0.05) is 31.9 Å². The molecule has 1 saturated carbocycles. The Balaban J connectivity index is 2.12. The largest absolute Gasteiger partial charge is 0.379 e. The predicted molar refractivity (Wildman–Crippen MR) is 64.3 cm³/mol. The van der Waals surface area contributed by atoms with E-state index in [2.05, 4.69) is 24.1 Å².